The molecule has 0 aromatic carbocycles. The Labute approximate surface area is 211 Å². The summed E-state index contributed by atoms with van der Waals surface area (Å²) in [5.41, 5.74) is 1.20. The Morgan fingerprint density at radius 2 is 2.06 bits per heavy atom. The molecule has 32 heavy (non-hydrogen) atoms. The lowest BCUT2D eigenvalue weighted by Gasteiger charge is -2.34. The Morgan fingerprint density at radius 3 is 2.75 bits per heavy atom. The molecule has 0 saturated carbocycles. The molecule has 0 radical (unpaired) electrons. The van der Waals surface area contributed by atoms with E-state index in [0.717, 1.165) is 69.4 Å². The largest absolute Gasteiger partial charge is 0.469 e. The first-order valence-corrected chi connectivity index (χ1v) is 11.9. The van der Waals surface area contributed by atoms with Crippen molar-refractivity contribution in [2.45, 2.75) is 38.6 Å². The number of furan rings is 1. The lowest BCUT2D eigenvalue weighted by atomic mass is 10.1. The van der Waals surface area contributed by atoms with Gasteiger partial charge in [0.1, 0.15) is 11.6 Å². The fourth-order valence-corrected chi connectivity index (χ4v) is 4.44. The summed E-state index contributed by atoms with van der Waals surface area (Å²) in [6.45, 7) is 5.66. The van der Waals surface area contributed by atoms with Crippen molar-refractivity contribution >= 4 is 47.1 Å². The summed E-state index contributed by atoms with van der Waals surface area (Å²) in [6.07, 6.45) is 7.62. The highest BCUT2D eigenvalue weighted by molar-refractivity contribution is 14.0. The van der Waals surface area contributed by atoms with E-state index in [0.29, 0.717) is 6.04 Å². The number of pyridine rings is 1. The molecule has 3 aromatic rings. The number of aliphatic imine (C=N–C) groups is 1. The van der Waals surface area contributed by atoms with E-state index in [4.69, 9.17) is 9.41 Å². The van der Waals surface area contributed by atoms with Crippen LogP contribution in [0.1, 0.15) is 29.0 Å². The summed E-state index contributed by atoms with van der Waals surface area (Å²) >= 11 is 1.79. The molecule has 0 aliphatic carbocycles. The Balaban J connectivity index is 0.00000289. The van der Waals surface area contributed by atoms with Crippen molar-refractivity contribution in [2.75, 3.05) is 31.1 Å². The highest BCUT2D eigenvalue weighted by Crippen LogP contribution is 2.18. The Bertz CT molecular complexity index is 920. The van der Waals surface area contributed by atoms with Gasteiger partial charge < -0.3 is 20.0 Å². The minimum absolute atomic E-state index is 0. The average molecular weight is 566 g/mol. The van der Waals surface area contributed by atoms with Gasteiger partial charge in [0.15, 0.2) is 5.96 Å². The number of nitrogens with one attached hydrogen (secondary N) is 2. The van der Waals surface area contributed by atoms with Gasteiger partial charge in [-0.3, -0.25) is 4.99 Å². The first kappa shape index (κ1) is 24.6. The number of aromatic nitrogens is 1. The third-order valence-corrected chi connectivity index (χ3v) is 6.44. The van der Waals surface area contributed by atoms with Gasteiger partial charge in [-0.1, -0.05) is 12.1 Å². The quantitative estimate of drug-likeness (QED) is 0.237. The van der Waals surface area contributed by atoms with E-state index in [9.17, 15) is 0 Å². The minimum Gasteiger partial charge on any atom is -0.469 e. The molecule has 172 valence electrons. The predicted molar refractivity (Wildman–Crippen MR) is 143 cm³/mol. The van der Waals surface area contributed by atoms with E-state index < -0.39 is 0 Å². The maximum absolute atomic E-state index is 5.45. The van der Waals surface area contributed by atoms with Crippen LogP contribution in [0.25, 0.3) is 0 Å². The predicted octanol–water partition coefficient (Wildman–Crippen LogP) is 4.65. The Kier molecular flexibility index (Phi) is 9.86. The van der Waals surface area contributed by atoms with Crippen molar-refractivity contribution < 1.29 is 4.42 Å². The molecule has 3 aromatic heterocycles. The van der Waals surface area contributed by atoms with Gasteiger partial charge >= 0.3 is 0 Å². The highest BCUT2D eigenvalue weighted by Gasteiger charge is 2.21. The van der Waals surface area contributed by atoms with Crippen molar-refractivity contribution in [2.24, 2.45) is 4.99 Å². The third kappa shape index (κ3) is 7.51. The van der Waals surface area contributed by atoms with Crippen molar-refractivity contribution in [1.82, 2.24) is 15.6 Å². The zero-order valence-electron chi connectivity index (χ0n) is 18.5. The van der Waals surface area contributed by atoms with Gasteiger partial charge in [0, 0.05) is 56.1 Å². The molecule has 0 bridgehead atoms. The number of hydrogen-bond donors (Lipinski definition) is 2. The number of halogens is 1. The standard InChI is InChI=1S/C24H31N5OS.HI/c1-19-6-7-23(27-18-19)29-14-10-20(11-15-29)28-24(25-12-8-21-4-2-16-30-21)26-13-9-22-5-3-17-31-22;/h2-7,16-18,20H,8-15H2,1H3,(H2,25,26,28);1H. The molecule has 1 aliphatic rings. The number of piperidine rings is 1. The normalized spacial score (nSPS) is 14.8. The van der Waals surface area contributed by atoms with Gasteiger partial charge in [0.2, 0.25) is 0 Å². The number of aryl methyl sites for hydroxylation is 1. The van der Waals surface area contributed by atoms with E-state index in [1.54, 1.807) is 17.6 Å². The van der Waals surface area contributed by atoms with Gasteiger partial charge in [-0.05, 0) is 55.0 Å². The third-order valence-electron chi connectivity index (χ3n) is 5.51. The number of nitrogens with zero attached hydrogens (tertiary/aromatic N) is 3. The summed E-state index contributed by atoms with van der Waals surface area (Å²) in [4.78, 5) is 13.2. The van der Waals surface area contributed by atoms with E-state index in [2.05, 4.69) is 57.1 Å². The Morgan fingerprint density at radius 1 is 1.19 bits per heavy atom. The van der Waals surface area contributed by atoms with Gasteiger partial charge in [-0.25, -0.2) is 4.98 Å². The number of guanidine groups is 1. The number of rotatable bonds is 8. The van der Waals surface area contributed by atoms with Crippen molar-refractivity contribution in [3.05, 3.63) is 70.4 Å². The van der Waals surface area contributed by atoms with Crippen LogP contribution in [-0.4, -0.2) is 43.2 Å². The van der Waals surface area contributed by atoms with Gasteiger partial charge in [-0.2, -0.15) is 0 Å². The SMILES string of the molecule is Cc1ccc(N2CCC(NC(=NCCc3cccs3)NCCc3ccco3)CC2)nc1.I. The summed E-state index contributed by atoms with van der Waals surface area (Å²) in [5, 5.41) is 9.27. The van der Waals surface area contributed by atoms with Crippen LogP contribution in [0.3, 0.4) is 0 Å². The molecule has 1 fully saturated rings. The van der Waals surface area contributed by atoms with Crippen LogP contribution in [0.4, 0.5) is 5.82 Å². The van der Waals surface area contributed by atoms with Crippen LogP contribution < -0.4 is 15.5 Å². The summed E-state index contributed by atoms with van der Waals surface area (Å²) < 4.78 is 5.45. The number of hydrogen-bond acceptors (Lipinski definition) is 5. The van der Waals surface area contributed by atoms with Crippen molar-refractivity contribution in [3.8, 4) is 0 Å². The van der Waals surface area contributed by atoms with E-state index >= 15 is 0 Å². The number of anilines is 1. The first-order valence-electron chi connectivity index (χ1n) is 11.0. The zero-order chi connectivity index (χ0) is 21.3. The average Bonchev–Trinajstić information content (AvgIpc) is 3.49. The molecule has 2 N–H and O–H groups in total. The molecule has 0 unspecified atom stereocenters. The lowest BCUT2D eigenvalue weighted by Crippen LogP contribution is -2.49. The molecule has 6 nitrogen and oxygen atoms in total. The monoisotopic (exact) mass is 565 g/mol. The summed E-state index contributed by atoms with van der Waals surface area (Å²) in [6, 6.07) is 12.9. The topological polar surface area (TPSA) is 65.7 Å². The zero-order valence-corrected chi connectivity index (χ0v) is 21.6. The fraction of sp³-hybridized carbons (Fsp3) is 0.417. The second-order valence-corrected chi connectivity index (χ2v) is 8.95. The molecule has 1 aliphatic heterocycles. The summed E-state index contributed by atoms with van der Waals surface area (Å²) in [5.74, 6) is 2.96. The van der Waals surface area contributed by atoms with E-state index in [1.165, 1.54) is 10.4 Å². The van der Waals surface area contributed by atoms with Crippen molar-refractivity contribution in [3.63, 3.8) is 0 Å². The van der Waals surface area contributed by atoms with Crippen LogP contribution in [-0.2, 0) is 12.8 Å². The van der Waals surface area contributed by atoms with E-state index in [-0.39, 0.29) is 24.0 Å². The molecule has 8 heteroatoms. The second kappa shape index (κ2) is 12.8. The molecular weight excluding hydrogens is 533 g/mol. The first-order chi connectivity index (χ1) is 15.3. The van der Waals surface area contributed by atoms with Gasteiger partial charge in [-0.15, -0.1) is 35.3 Å². The molecule has 0 spiro atoms. The number of thiophene rings is 1. The van der Waals surface area contributed by atoms with Gasteiger partial charge in [0.05, 0.1) is 6.26 Å². The molecule has 0 amide bonds. The van der Waals surface area contributed by atoms with Crippen LogP contribution >= 0.6 is 35.3 Å². The summed E-state index contributed by atoms with van der Waals surface area (Å²) in [7, 11) is 0. The second-order valence-electron chi connectivity index (χ2n) is 7.92. The Hall–Kier alpha value is -2.07. The van der Waals surface area contributed by atoms with Crippen LogP contribution in [0.5, 0.6) is 0 Å². The maximum Gasteiger partial charge on any atom is 0.191 e. The fourth-order valence-electron chi connectivity index (χ4n) is 3.74. The van der Waals surface area contributed by atoms with Crippen LogP contribution in [0, 0.1) is 6.92 Å². The smallest absolute Gasteiger partial charge is 0.191 e. The maximum atomic E-state index is 5.45. The minimum atomic E-state index is 0. The molecule has 4 rings (SSSR count). The molecule has 4 heterocycles. The van der Waals surface area contributed by atoms with Crippen LogP contribution in [0.2, 0.25) is 0 Å². The molecule has 0 atom stereocenters. The van der Waals surface area contributed by atoms with Crippen LogP contribution in [0.15, 0.2) is 63.6 Å². The van der Waals surface area contributed by atoms with E-state index in [1.807, 2.05) is 18.3 Å². The highest BCUT2D eigenvalue weighted by atomic mass is 127. The molecular formula is C24H32IN5OS. The van der Waals surface area contributed by atoms with Gasteiger partial charge in [0.25, 0.3) is 0 Å². The van der Waals surface area contributed by atoms with Crippen molar-refractivity contribution in [1.29, 1.82) is 0 Å². The lowest BCUT2D eigenvalue weighted by molar-refractivity contribution is 0.458. The molecule has 1 saturated heterocycles.